The van der Waals surface area contributed by atoms with Crippen LogP contribution in [0, 0.1) is 0 Å². The van der Waals surface area contributed by atoms with Crippen LogP contribution in [0.25, 0.3) is 10.9 Å². The highest BCUT2D eigenvalue weighted by Gasteiger charge is 2.55. The molecule has 36 heavy (non-hydrogen) atoms. The Morgan fingerprint density at radius 1 is 1.11 bits per heavy atom. The van der Waals surface area contributed by atoms with Crippen LogP contribution in [0.2, 0.25) is 0 Å². The molecule has 1 aliphatic carbocycles. The number of benzene rings is 2. The minimum atomic E-state index is -1.24. The van der Waals surface area contributed by atoms with Crippen LogP contribution in [0.4, 0.5) is 0 Å². The van der Waals surface area contributed by atoms with Gasteiger partial charge >= 0.3 is 0 Å². The summed E-state index contributed by atoms with van der Waals surface area (Å²) in [7, 11) is 3.31. The van der Waals surface area contributed by atoms with Crippen molar-refractivity contribution in [2.24, 2.45) is 0 Å². The molecule has 1 aromatic heterocycles. The molecule has 2 aromatic carbocycles. The maximum Gasteiger partial charge on any atom is 0.241 e. The van der Waals surface area contributed by atoms with Crippen molar-refractivity contribution in [1.29, 1.82) is 0 Å². The van der Waals surface area contributed by atoms with Gasteiger partial charge in [0.05, 0.1) is 18.0 Å². The number of methoxy groups -OCH3 is 1. The summed E-state index contributed by atoms with van der Waals surface area (Å²) >= 11 is 0. The van der Waals surface area contributed by atoms with Crippen molar-refractivity contribution in [1.82, 2.24) is 14.8 Å². The molecule has 1 saturated heterocycles. The second kappa shape index (κ2) is 9.72. The Morgan fingerprint density at radius 3 is 2.67 bits per heavy atom. The quantitative estimate of drug-likeness (QED) is 0.468. The summed E-state index contributed by atoms with van der Waals surface area (Å²) in [4.78, 5) is 48.4. The lowest BCUT2D eigenvalue weighted by atomic mass is 9.75. The van der Waals surface area contributed by atoms with E-state index in [0.717, 1.165) is 42.1 Å². The van der Waals surface area contributed by atoms with E-state index < -0.39 is 5.41 Å². The smallest absolute Gasteiger partial charge is 0.241 e. The standard InChI is InChI=1S/C29H31N3O4/c1-31(19-20-8-5-14-25-24(20)13-7-15-30-25)26(33)17-29(21-9-6-12-23(16-21)36-2)18-27(34)32(28(29)35)22-10-3-4-11-22/h5-9,12-16,22H,3-4,10-11,17-19H2,1-2H3/t29-/m0/s1. The largest absolute Gasteiger partial charge is 0.497 e. The van der Waals surface area contributed by atoms with Gasteiger partial charge < -0.3 is 9.64 Å². The van der Waals surface area contributed by atoms with Crippen LogP contribution < -0.4 is 4.74 Å². The lowest BCUT2D eigenvalue weighted by Gasteiger charge is -2.31. The number of fused-ring (bicyclic) bond motifs is 1. The molecule has 0 N–H and O–H groups in total. The number of likely N-dealkylation sites (tertiary alicyclic amines) is 1. The van der Waals surface area contributed by atoms with E-state index in [1.54, 1.807) is 37.4 Å². The molecule has 1 saturated carbocycles. The molecular weight excluding hydrogens is 454 g/mol. The van der Waals surface area contributed by atoms with Gasteiger partial charge in [0, 0.05) is 44.1 Å². The summed E-state index contributed by atoms with van der Waals surface area (Å²) < 4.78 is 5.41. The average Bonchev–Trinajstić information content (AvgIpc) is 3.50. The van der Waals surface area contributed by atoms with Crippen LogP contribution in [0.1, 0.15) is 49.7 Å². The highest BCUT2D eigenvalue weighted by Crippen LogP contribution is 2.44. The Labute approximate surface area is 211 Å². The van der Waals surface area contributed by atoms with Crippen LogP contribution in [0.15, 0.2) is 60.8 Å². The summed E-state index contributed by atoms with van der Waals surface area (Å²) in [6, 6.07) is 16.9. The van der Waals surface area contributed by atoms with Crippen LogP contribution in [0.5, 0.6) is 5.75 Å². The molecule has 2 fully saturated rings. The first kappa shape index (κ1) is 24.0. The number of amides is 3. The van der Waals surface area contributed by atoms with Crippen molar-refractivity contribution < 1.29 is 19.1 Å². The summed E-state index contributed by atoms with van der Waals surface area (Å²) in [6.45, 7) is 0.379. The summed E-state index contributed by atoms with van der Waals surface area (Å²) in [5.74, 6) is -0.0438. The number of ether oxygens (including phenoxy) is 1. The van der Waals surface area contributed by atoms with E-state index in [2.05, 4.69) is 4.98 Å². The molecule has 186 valence electrons. The Balaban J connectivity index is 1.46. The molecule has 2 aliphatic rings. The van der Waals surface area contributed by atoms with Crippen molar-refractivity contribution in [3.05, 3.63) is 71.9 Å². The second-order valence-corrected chi connectivity index (χ2v) is 9.91. The third-order valence-electron chi connectivity index (χ3n) is 7.68. The van der Waals surface area contributed by atoms with Gasteiger partial charge in [0.2, 0.25) is 17.7 Å². The van der Waals surface area contributed by atoms with E-state index in [9.17, 15) is 14.4 Å². The van der Waals surface area contributed by atoms with E-state index in [-0.39, 0.29) is 36.6 Å². The minimum absolute atomic E-state index is 0.00668. The monoisotopic (exact) mass is 485 g/mol. The molecule has 0 unspecified atom stereocenters. The molecule has 3 aromatic rings. The number of carbonyl (C=O) groups excluding carboxylic acids is 3. The molecule has 7 nitrogen and oxygen atoms in total. The van der Waals surface area contributed by atoms with E-state index >= 15 is 0 Å². The fourth-order valence-electron chi connectivity index (χ4n) is 5.72. The third-order valence-corrected chi connectivity index (χ3v) is 7.68. The van der Waals surface area contributed by atoms with Gasteiger partial charge in [0.1, 0.15) is 5.75 Å². The number of rotatable bonds is 7. The molecular formula is C29H31N3O4. The van der Waals surface area contributed by atoms with Gasteiger partial charge in [0.15, 0.2) is 0 Å². The van der Waals surface area contributed by atoms with Crippen molar-refractivity contribution >= 4 is 28.6 Å². The first-order chi connectivity index (χ1) is 17.4. The number of aromatic nitrogens is 1. The maximum absolute atomic E-state index is 14.0. The van der Waals surface area contributed by atoms with E-state index in [0.29, 0.717) is 17.9 Å². The fourth-order valence-corrected chi connectivity index (χ4v) is 5.72. The van der Waals surface area contributed by atoms with Crippen molar-refractivity contribution in [3.63, 3.8) is 0 Å². The predicted molar refractivity (Wildman–Crippen MR) is 136 cm³/mol. The Kier molecular flexibility index (Phi) is 6.48. The van der Waals surface area contributed by atoms with Crippen LogP contribution >= 0.6 is 0 Å². The zero-order chi connectivity index (χ0) is 25.3. The van der Waals surface area contributed by atoms with Crippen molar-refractivity contribution in [3.8, 4) is 5.75 Å². The third kappa shape index (κ3) is 4.23. The van der Waals surface area contributed by atoms with E-state index in [4.69, 9.17) is 4.74 Å². The molecule has 3 amide bonds. The molecule has 1 aliphatic heterocycles. The Bertz CT molecular complexity index is 1310. The van der Waals surface area contributed by atoms with Crippen LogP contribution in [0.3, 0.4) is 0 Å². The van der Waals surface area contributed by atoms with Crippen LogP contribution in [-0.4, -0.2) is 52.7 Å². The zero-order valence-corrected chi connectivity index (χ0v) is 20.8. The van der Waals surface area contributed by atoms with Crippen molar-refractivity contribution in [2.45, 2.75) is 56.5 Å². The molecule has 7 heteroatoms. The maximum atomic E-state index is 14.0. The fraction of sp³-hybridized carbons (Fsp3) is 0.379. The van der Waals surface area contributed by atoms with Crippen molar-refractivity contribution in [2.75, 3.05) is 14.2 Å². The highest BCUT2D eigenvalue weighted by molar-refractivity contribution is 6.11. The first-order valence-corrected chi connectivity index (χ1v) is 12.5. The zero-order valence-electron chi connectivity index (χ0n) is 20.8. The normalized spacial score (nSPS) is 20.3. The summed E-state index contributed by atoms with van der Waals surface area (Å²) in [5.41, 5.74) is 1.26. The summed E-state index contributed by atoms with van der Waals surface area (Å²) in [6.07, 6.45) is 5.34. The topological polar surface area (TPSA) is 79.8 Å². The molecule has 5 rings (SSSR count). The van der Waals surface area contributed by atoms with Gasteiger partial charge in [0.25, 0.3) is 0 Å². The number of nitrogens with zero attached hydrogens (tertiary/aromatic N) is 3. The number of hydrogen-bond acceptors (Lipinski definition) is 5. The lowest BCUT2D eigenvalue weighted by molar-refractivity contribution is -0.144. The number of pyridine rings is 1. The molecule has 1 atom stereocenters. The molecule has 0 spiro atoms. The Hall–Kier alpha value is -3.74. The van der Waals surface area contributed by atoms with Gasteiger partial charge in [-0.3, -0.25) is 24.3 Å². The molecule has 0 radical (unpaired) electrons. The number of hydrogen-bond donors (Lipinski definition) is 0. The first-order valence-electron chi connectivity index (χ1n) is 12.5. The van der Waals surface area contributed by atoms with Gasteiger partial charge in [-0.25, -0.2) is 0 Å². The number of carbonyl (C=O) groups is 3. The van der Waals surface area contributed by atoms with Crippen LogP contribution in [-0.2, 0) is 26.3 Å². The van der Waals surface area contributed by atoms with Gasteiger partial charge in [-0.2, -0.15) is 0 Å². The second-order valence-electron chi connectivity index (χ2n) is 9.91. The Morgan fingerprint density at radius 2 is 1.89 bits per heavy atom. The van der Waals surface area contributed by atoms with E-state index in [1.165, 1.54) is 4.90 Å². The summed E-state index contributed by atoms with van der Waals surface area (Å²) in [5, 5.41) is 0.988. The van der Waals surface area contributed by atoms with Gasteiger partial charge in [-0.15, -0.1) is 0 Å². The average molecular weight is 486 g/mol. The van der Waals surface area contributed by atoms with Gasteiger partial charge in [-0.1, -0.05) is 43.2 Å². The number of imide groups is 1. The SMILES string of the molecule is COc1cccc([C@]2(CC(=O)N(C)Cc3cccc4ncccc34)CC(=O)N(C3CCCC3)C2=O)c1. The lowest BCUT2D eigenvalue weighted by Crippen LogP contribution is -2.45. The minimum Gasteiger partial charge on any atom is -0.497 e. The predicted octanol–water partition coefficient (Wildman–Crippen LogP) is 4.23. The molecule has 0 bridgehead atoms. The van der Waals surface area contributed by atoms with E-state index in [1.807, 2.05) is 42.5 Å². The highest BCUT2D eigenvalue weighted by atomic mass is 16.5. The van der Waals surface area contributed by atoms with Gasteiger partial charge in [-0.05, 0) is 48.2 Å². The molecule has 2 heterocycles.